The van der Waals surface area contributed by atoms with Crippen LogP contribution in [-0.2, 0) is 9.47 Å². The number of esters is 2. The molecule has 0 radical (unpaired) electrons. The molecule has 2 heterocycles. The molecule has 0 fully saturated rings. The number of carbonyl (C=O) groups is 2. The van der Waals surface area contributed by atoms with Crippen LogP contribution in [0.3, 0.4) is 0 Å². The molecule has 0 N–H and O–H groups in total. The van der Waals surface area contributed by atoms with Crippen LogP contribution in [0, 0.1) is 24.0 Å². The van der Waals surface area contributed by atoms with E-state index in [-0.39, 0.29) is 33.6 Å². The summed E-state index contributed by atoms with van der Waals surface area (Å²) >= 11 is 0. The van der Waals surface area contributed by atoms with E-state index in [2.05, 4.69) is 9.97 Å². The third kappa shape index (κ3) is 3.16. The Morgan fingerprint density at radius 2 is 1.72 bits per heavy atom. The third-order valence-corrected chi connectivity index (χ3v) is 3.62. The zero-order chi connectivity index (χ0) is 18.7. The number of hydrogen-bond acceptors (Lipinski definition) is 8. The van der Waals surface area contributed by atoms with Crippen LogP contribution in [-0.4, -0.2) is 41.0 Å². The average molecular weight is 345 g/mol. The van der Waals surface area contributed by atoms with E-state index in [9.17, 15) is 19.7 Å². The Bertz CT molecular complexity index is 878. The summed E-state index contributed by atoms with van der Waals surface area (Å²) in [6.45, 7) is 3.07. The Hall–Kier alpha value is -3.36. The second kappa shape index (κ2) is 7.04. The van der Waals surface area contributed by atoms with Crippen LogP contribution in [0.4, 0.5) is 5.82 Å². The topological polar surface area (TPSA) is 122 Å². The van der Waals surface area contributed by atoms with Crippen LogP contribution in [0.2, 0.25) is 0 Å². The van der Waals surface area contributed by atoms with E-state index in [1.807, 2.05) is 0 Å². The number of aromatic nitrogens is 2. The van der Waals surface area contributed by atoms with E-state index in [0.29, 0.717) is 0 Å². The smallest absolute Gasteiger partial charge is 0.372 e. The van der Waals surface area contributed by atoms with Crippen LogP contribution in [0.1, 0.15) is 32.0 Å². The minimum absolute atomic E-state index is 0.0225. The summed E-state index contributed by atoms with van der Waals surface area (Å²) in [6, 6.07) is 2.92. The van der Waals surface area contributed by atoms with Crippen molar-refractivity contribution in [2.24, 2.45) is 0 Å². The van der Waals surface area contributed by atoms with E-state index in [1.54, 1.807) is 6.92 Å². The number of methoxy groups -OCH3 is 2. The molecule has 0 atom stereocenters. The maximum Gasteiger partial charge on any atom is 0.372 e. The maximum absolute atomic E-state index is 12.3. The van der Waals surface area contributed by atoms with Gasteiger partial charge in [-0.1, -0.05) is 0 Å². The van der Waals surface area contributed by atoms with Crippen molar-refractivity contribution in [3.8, 4) is 11.3 Å². The molecule has 2 rings (SSSR count). The van der Waals surface area contributed by atoms with Crippen LogP contribution in [0.5, 0.6) is 0 Å². The van der Waals surface area contributed by atoms with Gasteiger partial charge < -0.3 is 19.6 Å². The lowest BCUT2D eigenvalue weighted by Gasteiger charge is -2.15. The van der Waals surface area contributed by atoms with E-state index in [1.165, 1.54) is 39.5 Å². The van der Waals surface area contributed by atoms with E-state index in [4.69, 9.17) is 9.47 Å². The summed E-state index contributed by atoms with van der Waals surface area (Å²) in [6.07, 6.45) is 1.27. The Morgan fingerprint density at radius 1 is 1.12 bits per heavy atom. The monoisotopic (exact) mass is 345 g/mol. The van der Waals surface area contributed by atoms with Gasteiger partial charge in [0.1, 0.15) is 6.20 Å². The Kier molecular flexibility index (Phi) is 5.06. The van der Waals surface area contributed by atoms with Gasteiger partial charge in [-0.3, -0.25) is 4.98 Å². The molecule has 0 saturated carbocycles. The Morgan fingerprint density at radius 3 is 2.28 bits per heavy atom. The number of nitro groups is 1. The lowest BCUT2D eigenvalue weighted by atomic mass is 9.96. The molecule has 0 saturated heterocycles. The average Bonchev–Trinajstić information content (AvgIpc) is 2.60. The number of pyridine rings is 2. The fraction of sp³-hybridized carbons (Fsp3) is 0.250. The molecular weight excluding hydrogens is 330 g/mol. The SMILES string of the molecule is COC(=O)c1c(C)nc(-c2cccnc2[N+](=O)[O-])c(C(=O)OC)c1C. The number of hydrogen-bond donors (Lipinski definition) is 0. The number of ether oxygens (including phenoxy) is 2. The summed E-state index contributed by atoms with van der Waals surface area (Å²) < 4.78 is 9.49. The molecule has 0 spiro atoms. The van der Waals surface area contributed by atoms with Crippen molar-refractivity contribution in [3.63, 3.8) is 0 Å². The van der Waals surface area contributed by atoms with Gasteiger partial charge in [0.05, 0.1) is 42.3 Å². The molecule has 0 aliphatic carbocycles. The molecular formula is C16H15N3O6. The number of aryl methyl sites for hydroxylation is 1. The minimum atomic E-state index is -0.775. The zero-order valence-electron chi connectivity index (χ0n) is 14.0. The summed E-state index contributed by atoms with van der Waals surface area (Å²) in [7, 11) is 2.37. The zero-order valence-corrected chi connectivity index (χ0v) is 14.0. The molecule has 9 nitrogen and oxygen atoms in total. The van der Waals surface area contributed by atoms with E-state index in [0.717, 1.165) is 0 Å². The summed E-state index contributed by atoms with van der Waals surface area (Å²) in [4.78, 5) is 42.8. The molecule has 0 aliphatic heterocycles. The second-order valence-corrected chi connectivity index (χ2v) is 5.04. The normalized spacial score (nSPS) is 10.2. The van der Waals surface area contributed by atoms with Crippen molar-refractivity contribution in [1.82, 2.24) is 9.97 Å². The number of rotatable bonds is 4. The molecule has 25 heavy (non-hydrogen) atoms. The van der Waals surface area contributed by atoms with Gasteiger partial charge in [0, 0.05) is 0 Å². The molecule has 130 valence electrons. The van der Waals surface area contributed by atoms with Gasteiger partial charge in [0.2, 0.25) is 0 Å². The summed E-state index contributed by atoms with van der Waals surface area (Å²) in [5.41, 5.74) is 0.664. The van der Waals surface area contributed by atoms with Crippen LogP contribution in [0.15, 0.2) is 18.3 Å². The highest BCUT2D eigenvalue weighted by atomic mass is 16.6. The molecule has 9 heteroatoms. The first-order valence-electron chi connectivity index (χ1n) is 7.11. The molecule has 0 amide bonds. The predicted molar refractivity (Wildman–Crippen MR) is 86.3 cm³/mol. The van der Waals surface area contributed by atoms with Crippen molar-refractivity contribution in [2.75, 3.05) is 14.2 Å². The van der Waals surface area contributed by atoms with Gasteiger partial charge in [0.25, 0.3) is 0 Å². The quantitative estimate of drug-likeness (QED) is 0.470. The van der Waals surface area contributed by atoms with E-state index < -0.39 is 22.7 Å². The Balaban J connectivity index is 2.90. The van der Waals surface area contributed by atoms with Crippen LogP contribution in [0.25, 0.3) is 11.3 Å². The Labute approximate surface area is 142 Å². The predicted octanol–water partition coefficient (Wildman–Crippen LogP) is 2.24. The first-order valence-corrected chi connectivity index (χ1v) is 7.11. The maximum atomic E-state index is 12.3. The van der Waals surface area contributed by atoms with Gasteiger partial charge >= 0.3 is 17.8 Å². The van der Waals surface area contributed by atoms with Gasteiger partial charge in [-0.2, -0.15) is 0 Å². The first-order chi connectivity index (χ1) is 11.8. The highest BCUT2D eigenvalue weighted by Gasteiger charge is 2.29. The fourth-order valence-corrected chi connectivity index (χ4v) is 2.53. The molecule has 0 unspecified atom stereocenters. The summed E-state index contributed by atoms with van der Waals surface area (Å²) in [5, 5.41) is 11.3. The fourth-order valence-electron chi connectivity index (χ4n) is 2.53. The molecule has 2 aromatic rings. The van der Waals surface area contributed by atoms with Crippen molar-refractivity contribution in [2.45, 2.75) is 13.8 Å². The standard InChI is InChI=1S/C16H15N3O6/c1-8-11(15(20)24-3)9(2)18-13(12(8)16(21)25-4)10-6-5-7-17-14(10)19(22)23/h5-7H,1-4H3. The second-order valence-electron chi connectivity index (χ2n) is 5.04. The van der Waals surface area contributed by atoms with Gasteiger partial charge in [-0.05, 0) is 41.5 Å². The molecule has 0 aromatic carbocycles. The molecule has 2 aromatic heterocycles. The molecule has 0 bridgehead atoms. The van der Waals surface area contributed by atoms with Crippen LogP contribution < -0.4 is 0 Å². The van der Waals surface area contributed by atoms with Crippen molar-refractivity contribution >= 4 is 17.8 Å². The lowest BCUT2D eigenvalue weighted by Crippen LogP contribution is -2.16. The van der Waals surface area contributed by atoms with Crippen molar-refractivity contribution in [1.29, 1.82) is 0 Å². The molecule has 0 aliphatic rings. The van der Waals surface area contributed by atoms with Gasteiger partial charge in [-0.25, -0.2) is 9.59 Å². The van der Waals surface area contributed by atoms with Gasteiger partial charge in [0.15, 0.2) is 0 Å². The highest BCUT2D eigenvalue weighted by molar-refractivity contribution is 6.03. The van der Waals surface area contributed by atoms with Crippen LogP contribution >= 0.6 is 0 Å². The minimum Gasteiger partial charge on any atom is -0.465 e. The van der Waals surface area contributed by atoms with Gasteiger partial charge in [-0.15, -0.1) is 0 Å². The number of nitrogens with zero attached hydrogens (tertiary/aromatic N) is 3. The third-order valence-electron chi connectivity index (χ3n) is 3.62. The van der Waals surface area contributed by atoms with Crippen molar-refractivity contribution in [3.05, 3.63) is 50.8 Å². The summed E-state index contributed by atoms with van der Waals surface area (Å²) in [5.74, 6) is -1.90. The number of carbonyl (C=O) groups excluding carboxylic acids is 2. The largest absolute Gasteiger partial charge is 0.465 e. The lowest BCUT2D eigenvalue weighted by molar-refractivity contribution is -0.388. The van der Waals surface area contributed by atoms with E-state index >= 15 is 0 Å². The highest BCUT2D eigenvalue weighted by Crippen LogP contribution is 2.33. The first kappa shape index (κ1) is 18.0. The van der Waals surface area contributed by atoms with Crippen molar-refractivity contribution < 1.29 is 24.0 Å².